The summed E-state index contributed by atoms with van der Waals surface area (Å²) in [5.41, 5.74) is 1.98. The van der Waals surface area contributed by atoms with Crippen molar-refractivity contribution in [3.63, 3.8) is 0 Å². The number of nitrogens with zero attached hydrogens (tertiary/aromatic N) is 2. The third-order valence-electron chi connectivity index (χ3n) is 2.90. The summed E-state index contributed by atoms with van der Waals surface area (Å²) in [7, 11) is 1.90. The number of hydrogen-bond acceptors (Lipinski definition) is 3. The molecule has 1 atom stereocenters. The van der Waals surface area contributed by atoms with E-state index in [1.54, 1.807) is 23.1 Å². The van der Waals surface area contributed by atoms with Gasteiger partial charge in [-0.3, -0.25) is 9.48 Å². The Bertz CT molecular complexity index is 519. The standard InChI is InChI=1S/C14H18N4O/c1-11(18-9-3-8-16-18)14(19)17-13-6-4-12(5-7-13)10-15-2/h3-9,11,15H,10H2,1-2H3,(H,17,19). The van der Waals surface area contributed by atoms with Crippen LogP contribution in [0.5, 0.6) is 0 Å². The molecule has 0 fully saturated rings. The second-order valence-corrected chi connectivity index (χ2v) is 4.38. The Balaban J connectivity index is 1.98. The minimum Gasteiger partial charge on any atom is -0.324 e. The highest BCUT2D eigenvalue weighted by atomic mass is 16.2. The van der Waals surface area contributed by atoms with Crippen molar-refractivity contribution in [3.05, 3.63) is 48.3 Å². The Kier molecular flexibility index (Phi) is 4.30. The van der Waals surface area contributed by atoms with E-state index in [0.717, 1.165) is 12.2 Å². The van der Waals surface area contributed by atoms with Gasteiger partial charge in [-0.2, -0.15) is 5.10 Å². The minimum atomic E-state index is -0.327. The van der Waals surface area contributed by atoms with E-state index in [-0.39, 0.29) is 11.9 Å². The van der Waals surface area contributed by atoms with Crippen molar-refractivity contribution >= 4 is 11.6 Å². The second-order valence-electron chi connectivity index (χ2n) is 4.38. The van der Waals surface area contributed by atoms with Gasteiger partial charge in [0.1, 0.15) is 6.04 Å². The molecule has 1 unspecified atom stereocenters. The third kappa shape index (κ3) is 3.42. The molecule has 0 saturated heterocycles. The highest BCUT2D eigenvalue weighted by molar-refractivity contribution is 5.93. The first kappa shape index (κ1) is 13.3. The molecule has 2 N–H and O–H groups in total. The van der Waals surface area contributed by atoms with Crippen LogP contribution in [0.2, 0.25) is 0 Å². The first-order valence-corrected chi connectivity index (χ1v) is 6.24. The zero-order chi connectivity index (χ0) is 13.7. The van der Waals surface area contributed by atoms with E-state index in [0.29, 0.717) is 0 Å². The van der Waals surface area contributed by atoms with Gasteiger partial charge in [0, 0.05) is 24.6 Å². The van der Waals surface area contributed by atoms with Gasteiger partial charge >= 0.3 is 0 Å². The van der Waals surface area contributed by atoms with Gasteiger partial charge in [0.15, 0.2) is 0 Å². The summed E-state index contributed by atoms with van der Waals surface area (Å²) in [6.07, 6.45) is 3.44. The predicted molar refractivity (Wildman–Crippen MR) is 74.8 cm³/mol. The maximum absolute atomic E-state index is 12.0. The minimum absolute atomic E-state index is 0.0786. The molecule has 5 nitrogen and oxygen atoms in total. The third-order valence-corrected chi connectivity index (χ3v) is 2.90. The zero-order valence-corrected chi connectivity index (χ0v) is 11.1. The number of nitrogens with one attached hydrogen (secondary N) is 2. The van der Waals surface area contributed by atoms with Crippen LogP contribution in [0.3, 0.4) is 0 Å². The molecule has 0 aliphatic rings. The fraction of sp³-hybridized carbons (Fsp3) is 0.286. The number of carbonyl (C=O) groups excluding carboxylic acids is 1. The smallest absolute Gasteiger partial charge is 0.248 e. The van der Waals surface area contributed by atoms with Crippen molar-refractivity contribution in [1.29, 1.82) is 0 Å². The fourth-order valence-corrected chi connectivity index (χ4v) is 1.79. The van der Waals surface area contributed by atoms with Gasteiger partial charge in [0.05, 0.1) is 0 Å². The number of amides is 1. The zero-order valence-electron chi connectivity index (χ0n) is 11.1. The first-order chi connectivity index (χ1) is 9.20. The maximum Gasteiger partial charge on any atom is 0.248 e. The molecule has 1 heterocycles. The summed E-state index contributed by atoms with van der Waals surface area (Å²) in [6, 6.07) is 9.26. The normalized spacial score (nSPS) is 12.1. The number of rotatable bonds is 5. The highest BCUT2D eigenvalue weighted by Crippen LogP contribution is 2.12. The van der Waals surface area contributed by atoms with Gasteiger partial charge in [0.2, 0.25) is 5.91 Å². The summed E-state index contributed by atoms with van der Waals surface area (Å²) in [5.74, 6) is -0.0786. The number of anilines is 1. The van der Waals surface area contributed by atoms with Crippen LogP contribution in [0.4, 0.5) is 5.69 Å². The molecule has 1 aromatic heterocycles. The fourth-order valence-electron chi connectivity index (χ4n) is 1.79. The van der Waals surface area contributed by atoms with Crippen LogP contribution < -0.4 is 10.6 Å². The molecule has 2 aromatic rings. The van der Waals surface area contributed by atoms with Crippen LogP contribution >= 0.6 is 0 Å². The molecule has 0 aliphatic heterocycles. The topological polar surface area (TPSA) is 58.9 Å². The molecule has 2 rings (SSSR count). The molecule has 5 heteroatoms. The van der Waals surface area contributed by atoms with Crippen LogP contribution in [0.15, 0.2) is 42.7 Å². The van der Waals surface area contributed by atoms with Crippen LogP contribution in [-0.2, 0) is 11.3 Å². The molecule has 0 saturated carbocycles. The van der Waals surface area contributed by atoms with Crippen LogP contribution in [-0.4, -0.2) is 22.7 Å². The van der Waals surface area contributed by atoms with Gasteiger partial charge in [-0.05, 0) is 37.7 Å². The molecular weight excluding hydrogens is 240 g/mol. The van der Waals surface area contributed by atoms with Crippen molar-refractivity contribution in [2.75, 3.05) is 12.4 Å². The van der Waals surface area contributed by atoms with Crippen molar-refractivity contribution in [2.45, 2.75) is 19.5 Å². The van der Waals surface area contributed by atoms with Gasteiger partial charge in [-0.15, -0.1) is 0 Å². The molecule has 19 heavy (non-hydrogen) atoms. The van der Waals surface area contributed by atoms with Crippen LogP contribution in [0, 0.1) is 0 Å². The Labute approximate surface area is 112 Å². The summed E-state index contributed by atoms with van der Waals surface area (Å²) >= 11 is 0. The molecule has 0 aliphatic carbocycles. The number of aromatic nitrogens is 2. The van der Waals surface area contributed by atoms with E-state index in [1.165, 1.54) is 5.56 Å². The second kappa shape index (κ2) is 6.15. The predicted octanol–water partition coefficient (Wildman–Crippen LogP) is 1.80. The van der Waals surface area contributed by atoms with E-state index in [1.807, 2.05) is 38.2 Å². The maximum atomic E-state index is 12.0. The lowest BCUT2D eigenvalue weighted by atomic mass is 10.2. The average molecular weight is 258 g/mol. The average Bonchev–Trinajstić information content (AvgIpc) is 2.94. The lowest BCUT2D eigenvalue weighted by Gasteiger charge is -2.13. The van der Waals surface area contributed by atoms with Crippen LogP contribution in [0.25, 0.3) is 0 Å². The van der Waals surface area contributed by atoms with Gasteiger partial charge in [0.25, 0.3) is 0 Å². The van der Waals surface area contributed by atoms with Crippen molar-refractivity contribution in [2.24, 2.45) is 0 Å². The molecule has 1 aromatic carbocycles. The molecule has 100 valence electrons. The first-order valence-electron chi connectivity index (χ1n) is 6.24. The van der Waals surface area contributed by atoms with E-state index < -0.39 is 0 Å². The van der Waals surface area contributed by atoms with Crippen molar-refractivity contribution < 1.29 is 4.79 Å². The Morgan fingerprint density at radius 3 is 2.68 bits per heavy atom. The van der Waals surface area contributed by atoms with Gasteiger partial charge in [-0.1, -0.05) is 12.1 Å². The highest BCUT2D eigenvalue weighted by Gasteiger charge is 2.14. The van der Waals surface area contributed by atoms with E-state index in [4.69, 9.17) is 0 Å². The van der Waals surface area contributed by atoms with Crippen molar-refractivity contribution in [1.82, 2.24) is 15.1 Å². The van der Waals surface area contributed by atoms with Gasteiger partial charge in [-0.25, -0.2) is 0 Å². The lowest BCUT2D eigenvalue weighted by molar-refractivity contribution is -0.119. The molecule has 1 amide bonds. The lowest BCUT2D eigenvalue weighted by Crippen LogP contribution is -2.23. The quantitative estimate of drug-likeness (QED) is 0.859. The summed E-state index contributed by atoms with van der Waals surface area (Å²) in [4.78, 5) is 12.0. The SMILES string of the molecule is CNCc1ccc(NC(=O)C(C)n2cccn2)cc1. The van der Waals surface area contributed by atoms with Crippen molar-refractivity contribution in [3.8, 4) is 0 Å². The van der Waals surface area contributed by atoms with E-state index in [2.05, 4.69) is 15.7 Å². The number of carbonyl (C=O) groups is 1. The summed E-state index contributed by atoms with van der Waals surface area (Å²) < 4.78 is 1.63. The Morgan fingerprint density at radius 2 is 2.11 bits per heavy atom. The largest absolute Gasteiger partial charge is 0.324 e. The number of benzene rings is 1. The monoisotopic (exact) mass is 258 g/mol. The Hall–Kier alpha value is -2.14. The van der Waals surface area contributed by atoms with E-state index in [9.17, 15) is 4.79 Å². The summed E-state index contributed by atoms with van der Waals surface area (Å²) in [6.45, 7) is 2.63. The van der Waals surface area contributed by atoms with E-state index >= 15 is 0 Å². The number of hydrogen-bond donors (Lipinski definition) is 2. The Morgan fingerprint density at radius 1 is 1.37 bits per heavy atom. The summed E-state index contributed by atoms with van der Waals surface area (Å²) in [5, 5.41) is 10.0. The molecular formula is C14H18N4O. The van der Waals surface area contributed by atoms with Crippen LogP contribution in [0.1, 0.15) is 18.5 Å². The molecule has 0 bridgehead atoms. The van der Waals surface area contributed by atoms with Gasteiger partial charge < -0.3 is 10.6 Å². The molecule has 0 radical (unpaired) electrons. The molecule has 0 spiro atoms.